The highest BCUT2D eigenvalue weighted by Gasteiger charge is 2.32. The Morgan fingerprint density at radius 2 is 1.76 bits per heavy atom. The van der Waals surface area contributed by atoms with Crippen LogP contribution < -0.4 is 5.32 Å². The van der Waals surface area contributed by atoms with Crippen LogP contribution in [0.15, 0.2) is 36.4 Å². The zero-order valence-corrected chi connectivity index (χ0v) is 12.4. The predicted molar refractivity (Wildman–Crippen MR) is 79.7 cm³/mol. The van der Waals surface area contributed by atoms with Gasteiger partial charge in [0, 0.05) is 17.3 Å². The molecule has 2 rings (SSSR count). The first kappa shape index (κ1) is 15.7. The number of aryl methyl sites for hydroxylation is 2. The highest BCUT2D eigenvalue weighted by Crippen LogP contribution is 2.33. The van der Waals surface area contributed by atoms with Crippen LogP contribution >= 0.6 is 11.6 Å². The predicted octanol–water partition coefficient (Wildman–Crippen LogP) is 5.59. The van der Waals surface area contributed by atoms with Crippen molar-refractivity contribution >= 4 is 17.3 Å². The summed E-state index contributed by atoms with van der Waals surface area (Å²) in [7, 11) is 0. The van der Waals surface area contributed by atoms with E-state index in [0.717, 1.165) is 17.2 Å². The van der Waals surface area contributed by atoms with E-state index < -0.39 is 11.7 Å². The SMILES string of the molecule is Cc1ccc(CNc2ccc(C)c(C(F)(F)F)c2)c(Cl)c1. The Kier molecular flexibility index (Phi) is 4.47. The van der Waals surface area contributed by atoms with Gasteiger partial charge in [0.25, 0.3) is 0 Å². The fraction of sp³-hybridized carbons (Fsp3) is 0.250. The van der Waals surface area contributed by atoms with E-state index in [1.165, 1.54) is 13.0 Å². The Morgan fingerprint density at radius 3 is 2.38 bits per heavy atom. The van der Waals surface area contributed by atoms with E-state index in [-0.39, 0.29) is 5.56 Å². The third kappa shape index (κ3) is 3.91. The lowest BCUT2D eigenvalue weighted by Gasteiger charge is -2.14. The topological polar surface area (TPSA) is 12.0 Å². The maximum absolute atomic E-state index is 12.9. The van der Waals surface area contributed by atoms with Crippen LogP contribution in [-0.2, 0) is 12.7 Å². The summed E-state index contributed by atoms with van der Waals surface area (Å²) in [6.45, 7) is 3.75. The fourth-order valence-electron chi connectivity index (χ4n) is 2.03. The van der Waals surface area contributed by atoms with E-state index in [4.69, 9.17) is 11.6 Å². The van der Waals surface area contributed by atoms with Crippen molar-refractivity contribution in [2.24, 2.45) is 0 Å². The number of alkyl halides is 3. The molecule has 0 saturated carbocycles. The van der Waals surface area contributed by atoms with Crippen LogP contribution in [0, 0.1) is 13.8 Å². The van der Waals surface area contributed by atoms with Gasteiger partial charge >= 0.3 is 6.18 Å². The summed E-state index contributed by atoms with van der Waals surface area (Å²) in [5.41, 5.74) is 1.89. The molecule has 0 fully saturated rings. The van der Waals surface area contributed by atoms with E-state index in [9.17, 15) is 13.2 Å². The molecular weight excluding hydrogens is 299 g/mol. The molecule has 0 aromatic heterocycles. The normalized spacial score (nSPS) is 11.5. The summed E-state index contributed by atoms with van der Waals surface area (Å²) in [4.78, 5) is 0. The lowest BCUT2D eigenvalue weighted by atomic mass is 10.1. The molecule has 0 heterocycles. The van der Waals surface area contributed by atoms with Crippen molar-refractivity contribution in [1.82, 2.24) is 0 Å². The van der Waals surface area contributed by atoms with Crippen LogP contribution in [0.25, 0.3) is 0 Å². The van der Waals surface area contributed by atoms with Crippen molar-refractivity contribution in [3.8, 4) is 0 Å². The summed E-state index contributed by atoms with van der Waals surface area (Å²) in [6, 6.07) is 9.82. The molecule has 0 atom stereocenters. The number of anilines is 1. The van der Waals surface area contributed by atoms with Crippen LogP contribution in [0.1, 0.15) is 22.3 Å². The van der Waals surface area contributed by atoms with Gasteiger partial charge < -0.3 is 5.32 Å². The monoisotopic (exact) mass is 313 g/mol. The molecule has 21 heavy (non-hydrogen) atoms. The van der Waals surface area contributed by atoms with Gasteiger partial charge in [-0.05, 0) is 48.7 Å². The van der Waals surface area contributed by atoms with E-state index in [2.05, 4.69) is 5.32 Å². The van der Waals surface area contributed by atoms with Gasteiger partial charge in [-0.15, -0.1) is 0 Å². The van der Waals surface area contributed by atoms with Gasteiger partial charge in [0.1, 0.15) is 0 Å². The summed E-state index contributed by atoms with van der Waals surface area (Å²) < 4.78 is 38.6. The molecule has 2 aromatic rings. The lowest BCUT2D eigenvalue weighted by Crippen LogP contribution is -2.09. The summed E-state index contributed by atoms with van der Waals surface area (Å²) in [6.07, 6.45) is -4.34. The molecule has 0 saturated heterocycles. The molecule has 1 nitrogen and oxygen atoms in total. The first-order valence-corrected chi connectivity index (χ1v) is 6.82. The first-order valence-electron chi connectivity index (χ1n) is 6.44. The summed E-state index contributed by atoms with van der Waals surface area (Å²) in [5.74, 6) is 0. The van der Waals surface area contributed by atoms with Crippen molar-refractivity contribution in [2.75, 3.05) is 5.32 Å². The largest absolute Gasteiger partial charge is 0.416 e. The first-order chi connectivity index (χ1) is 9.77. The fourth-order valence-corrected chi connectivity index (χ4v) is 2.33. The molecule has 0 bridgehead atoms. The van der Waals surface area contributed by atoms with Gasteiger partial charge in [0.05, 0.1) is 5.56 Å². The quantitative estimate of drug-likeness (QED) is 0.779. The molecule has 2 aromatic carbocycles. The second-order valence-corrected chi connectivity index (χ2v) is 5.38. The van der Waals surface area contributed by atoms with Gasteiger partial charge in [-0.25, -0.2) is 0 Å². The summed E-state index contributed by atoms with van der Waals surface area (Å²) >= 11 is 6.10. The van der Waals surface area contributed by atoms with Gasteiger partial charge in [-0.2, -0.15) is 13.2 Å². The van der Waals surface area contributed by atoms with Gasteiger partial charge in [-0.3, -0.25) is 0 Å². The van der Waals surface area contributed by atoms with Crippen molar-refractivity contribution in [3.05, 3.63) is 63.7 Å². The summed E-state index contributed by atoms with van der Waals surface area (Å²) in [5, 5.41) is 3.58. The molecule has 0 aliphatic rings. The molecular formula is C16H15ClF3N. The zero-order chi connectivity index (χ0) is 15.6. The molecule has 5 heteroatoms. The minimum absolute atomic E-state index is 0.210. The maximum atomic E-state index is 12.9. The highest BCUT2D eigenvalue weighted by molar-refractivity contribution is 6.31. The molecule has 0 spiro atoms. The van der Waals surface area contributed by atoms with Crippen molar-refractivity contribution in [3.63, 3.8) is 0 Å². The van der Waals surface area contributed by atoms with Crippen LogP contribution in [0.2, 0.25) is 5.02 Å². The number of halogens is 4. The zero-order valence-electron chi connectivity index (χ0n) is 11.7. The van der Waals surface area contributed by atoms with Crippen LogP contribution in [0.4, 0.5) is 18.9 Å². The second kappa shape index (κ2) is 5.98. The van der Waals surface area contributed by atoms with E-state index >= 15 is 0 Å². The van der Waals surface area contributed by atoms with Crippen molar-refractivity contribution in [1.29, 1.82) is 0 Å². The van der Waals surface area contributed by atoms with E-state index in [1.54, 1.807) is 6.07 Å². The molecule has 0 amide bonds. The molecule has 1 N–H and O–H groups in total. The molecule has 0 unspecified atom stereocenters. The maximum Gasteiger partial charge on any atom is 0.416 e. The third-order valence-electron chi connectivity index (χ3n) is 3.23. The number of rotatable bonds is 3. The molecule has 0 aliphatic carbocycles. The van der Waals surface area contributed by atoms with Crippen molar-refractivity contribution < 1.29 is 13.2 Å². The van der Waals surface area contributed by atoms with Gasteiger partial charge in [0.2, 0.25) is 0 Å². The number of nitrogens with one attached hydrogen (secondary N) is 1. The average Bonchev–Trinajstić information content (AvgIpc) is 2.38. The Morgan fingerprint density at radius 1 is 1.05 bits per heavy atom. The lowest BCUT2D eigenvalue weighted by molar-refractivity contribution is -0.138. The third-order valence-corrected chi connectivity index (χ3v) is 3.59. The van der Waals surface area contributed by atoms with Gasteiger partial charge in [0.15, 0.2) is 0 Å². The van der Waals surface area contributed by atoms with Gasteiger partial charge in [-0.1, -0.05) is 29.8 Å². The minimum Gasteiger partial charge on any atom is -0.381 e. The standard InChI is InChI=1S/C16H15ClF3N/c1-10-3-5-12(15(17)7-10)9-21-13-6-4-11(2)14(8-13)16(18,19)20/h3-8,21H,9H2,1-2H3. The Hall–Kier alpha value is -1.68. The number of hydrogen-bond acceptors (Lipinski definition) is 1. The average molecular weight is 314 g/mol. The highest BCUT2D eigenvalue weighted by atomic mass is 35.5. The Labute approximate surface area is 126 Å². The Balaban J connectivity index is 2.17. The molecule has 0 radical (unpaired) electrons. The Bertz CT molecular complexity index is 650. The number of hydrogen-bond donors (Lipinski definition) is 1. The minimum atomic E-state index is -4.34. The van der Waals surface area contributed by atoms with Crippen LogP contribution in [0.3, 0.4) is 0 Å². The van der Waals surface area contributed by atoms with E-state index in [1.807, 2.05) is 25.1 Å². The number of benzene rings is 2. The van der Waals surface area contributed by atoms with Crippen LogP contribution in [-0.4, -0.2) is 0 Å². The van der Waals surface area contributed by atoms with Crippen molar-refractivity contribution in [2.45, 2.75) is 26.6 Å². The van der Waals surface area contributed by atoms with Crippen LogP contribution in [0.5, 0.6) is 0 Å². The molecule has 112 valence electrons. The second-order valence-electron chi connectivity index (χ2n) is 4.98. The molecule has 0 aliphatic heterocycles. The smallest absolute Gasteiger partial charge is 0.381 e. The van der Waals surface area contributed by atoms with E-state index in [0.29, 0.717) is 17.3 Å².